The van der Waals surface area contributed by atoms with Crippen LogP contribution in [0.2, 0.25) is 0 Å². The number of nitrogens with one attached hydrogen (secondary N) is 1. The van der Waals surface area contributed by atoms with Gasteiger partial charge in [0, 0.05) is 24.7 Å². The second-order valence-electron chi connectivity index (χ2n) is 6.24. The minimum absolute atomic E-state index is 0.0732. The molecule has 1 N–H and O–H groups in total. The molecule has 0 spiro atoms. The van der Waals surface area contributed by atoms with E-state index in [1.165, 1.54) is 5.69 Å². The number of hydrogen-bond acceptors (Lipinski definition) is 3. The van der Waals surface area contributed by atoms with Gasteiger partial charge in [-0.15, -0.1) is 0 Å². The maximum atomic E-state index is 12.0. The van der Waals surface area contributed by atoms with Gasteiger partial charge in [0.25, 0.3) is 0 Å². The standard InChI is InChI=1S/C17H24N2O2/c1-12-11-16(12)17(20)18-13(2)14-3-5-15(6-4-14)19-7-9-21-10-8-19/h3-6,12-13,16H,7-11H2,1-2H3,(H,18,20)/t12-,13+,16-/m1/s1. The van der Waals surface area contributed by atoms with Gasteiger partial charge in [-0.3, -0.25) is 4.79 Å². The summed E-state index contributed by atoms with van der Waals surface area (Å²) >= 11 is 0. The summed E-state index contributed by atoms with van der Waals surface area (Å²) in [4.78, 5) is 14.3. The van der Waals surface area contributed by atoms with Crippen molar-refractivity contribution in [3.8, 4) is 0 Å². The molecule has 1 aromatic carbocycles. The Morgan fingerprint density at radius 1 is 1.29 bits per heavy atom. The van der Waals surface area contributed by atoms with E-state index in [0.29, 0.717) is 5.92 Å². The second kappa shape index (κ2) is 6.06. The molecule has 1 aliphatic carbocycles. The van der Waals surface area contributed by atoms with Gasteiger partial charge in [-0.2, -0.15) is 0 Å². The number of ether oxygens (including phenoxy) is 1. The van der Waals surface area contributed by atoms with Gasteiger partial charge >= 0.3 is 0 Å². The summed E-state index contributed by atoms with van der Waals surface area (Å²) in [6.07, 6.45) is 1.04. The summed E-state index contributed by atoms with van der Waals surface area (Å²) in [6.45, 7) is 7.68. The highest BCUT2D eigenvalue weighted by molar-refractivity contribution is 5.81. The molecule has 2 fully saturated rings. The van der Waals surface area contributed by atoms with E-state index < -0.39 is 0 Å². The minimum atomic E-state index is 0.0732. The van der Waals surface area contributed by atoms with Crippen molar-refractivity contribution < 1.29 is 9.53 Å². The number of anilines is 1. The average Bonchev–Trinajstić information content (AvgIpc) is 3.25. The Bertz CT molecular complexity index is 494. The number of rotatable bonds is 4. The molecule has 0 aromatic heterocycles. The Morgan fingerprint density at radius 2 is 1.90 bits per heavy atom. The fourth-order valence-corrected chi connectivity index (χ4v) is 2.89. The maximum Gasteiger partial charge on any atom is 0.223 e. The van der Waals surface area contributed by atoms with Crippen molar-refractivity contribution in [2.45, 2.75) is 26.3 Å². The zero-order valence-electron chi connectivity index (χ0n) is 12.8. The van der Waals surface area contributed by atoms with Crippen LogP contribution in [0.15, 0.2) is 24.3 Å². The minimum Gasteiger partial charge on any atom is -0.378 e. The van der Waals surface area contributed by atoms with E-state index in [1.54, 1.807) is 0 Å². The fourth-order valence-electron chi connectivity index (χ4n) is 2.89. The van der Waals surface area contributed by atoms with Crippen LogP contribution >= 0.6 is 0 Å². The van der Waals surface area contributed by atoms with Crippen molar-refractivity contribution in [2.75, 3.05) is 31.2 Å². The van der Waals surface area contributed by atoms with E-state index >= 15 is 0 Å². The third-order valence-corrected chi connectivity index (χ3v) is 4.57. The lowest BCUT2D eigenvalue weighted by atomic mass is 10.1. The fraction of sp³-hybridized carbons (Fsp3) is 0.588. The van der Waals surface area contributed by atoms with Crippen molar-refractivity contribution in [3.63, 3.8) is 0 Å². The predicted octanol–water partition coefficient (Wildman–Crippen LogP) is 2.36. The Labute approximate surface area is 126 Å². The first-order chi connectivity index (χ1) is 10.1. The molecular weight excluding hydrogens is 264 g/mol. The number of nitrogens with zero attached hydrogens (tertiary/aromatic N) is 1. The number of morpholine rings is 1. The molecular formula is C17H24N2O2. The highest BCUT2D eigenvalue weighted by Crippen LogP contribution is 2.38. The summed E-state index contributed by atoms with van der Waals surface area (Å²) in [6, 6.07) is 8.59. The van der Waals surface area contributed by atoms with Gasteiger partial charge in [0.2, 0.25) is 5.91 Å². The Kier molecular flexibility index (Phi) is 4.15. The first-order valence-corrected chi connectivity index (χ1v) is 7.88. The average molecular weight is 288 g/mol. The zero-order chi connectivity index (χ0) is 14.8. The quantitative estimate of drug-likeness (QED) is 0.924. The molecule has 1 saturated heterocycles. The molecule has 21 heavy (non-hydrogen) atoms. The summed E-state index contributed by atoms with van der Waals surface area (Å²) in [7, 11) is 0. The lowest BCUT2D eigenvalue weighted by molar-refractivity contribution is -0.123. The van der Waals surface area contributed by atoms with E-state index in [-0.39, 0.29) is 17.9 Å². The summed E-state index contributed by atoms with van der Waals surface area (Å²) in [5.74, 6) is 0.994. The first kappa shape index (κ1) is 14.4. The van der Waals surface area contributed by atoms with Gasteiger partial charge < -0.3 is 15.0 Å². The molecule has 1 aromatic rings. The number of amides is 1. The molecule has 0 radical (unpaired) electrons. The van der Waals surface area contributed by atoms with Crippen molar-refractivity contribution in [2.24, 2.45) is 11.8 Å². The Balaban J connectivity index is 1.59. The third kappa shape index (κ3) is 3.38. The van der Waals surface area contributed by atoms with Gasteiger partial charge in [-0.25, -0.2) is 0 Å². The number of benzene rings is 1. The molecule has 114 valence electrons. The van der Waals surface area contributed by atoms with Crippen LogP contribution in [0, 0.1) is 11.8 Å². The second-order valence-corrected chi connectivity index (χ2v) is 6.24. The van der Waals surface area contributed by atoms with Crippen LogP contribution < -0.4 is 10.2 Å². The van der Waals surface area contributed by atoms with Crippen LogP contribution in [0.5, 0.6) is 0 Å². The summed E-state index contributed by atoms with van der Waals surface area (Å²) in [5, 5.41) is 3.11. The number of hydrogen-bond donors (Lipinski definition) is 1. The van der Waals surface area contributed by atoms with Crippen LogP contribution in [0.4, 0.5) is 5.69 Å². The van der Waals surface area contributed by atoms with Crippen molar-refractivity contribution in [1.82, 2.24) is 5.32 Å². The normalized spacial score (nSPS) is 26.3. The van der Waals surface area contributed by atoms with E-state index in [1.807, 2.05) is 0 Å². The SMILES string of the molecule is C[C@H](NC(=O)[C@@H]1C[C@H]1C)c1ccc(N2CCOCC2)cc1. The third-order valence-electron chi connectivity index (χ3n) is 4.57. The van der Waals surface area contributed by atoms with Gasteiger partial charge in [-0.1, -0.05) is 19.1 Å². The monoisotopic (exact) mass is 288 g/mol. The van der Waals surface area contributed by atoms with Crippen molar-refractivity contribution in [1.29, 1.82) is 0 Å². The molecule has 0 bridgehead atoms. The Morgan fingerprint density at radius 3 is 2.48 bits per heavy atom. The highest BCUT2D eigenvalue weighted by Gasteiger charge is 2.39. The molecule has 1 heterocycles. The van der Waals surface area contributed by atoms with Gasteiger partial charge in [0.05, 0.1) is 19.3 Å². The number of carbonyl (C=O) groups is 1. The van der Waals surface area contributed by atoms with E-state index in [2.05, 4.69) is 48.3 Å². The van der Waals surface area contributed by atoms with E-state index in [0.717, 1.165) is 38.3 Å². The summed E-state index contributed by atoms with van der Waals surface area (Å²) < 4.78 is 5.37. The zero-order valence-corrected chi connectivity index (χ0v) is 12.8. The van der Waals surface area contributed by atoms with E-state index in [9.17, 15) is 4.79 Å². The topological polar surface area (TPSA) is 41.6 Å². The predicted molar refractivity (Wildman–Crippen MR) is 83.3 cm³/mol. The largest absolute Gasteiger partial charge is 0.378 e. The molecule has 3 atom stereocenters. The van der Waals surface area contributed by atoms with Crippen LogP contribution in [-0.2, 0) is 9.53 Å². The molecule has 3 rings (SSSR count). The number of carbonyl (C=O) groups excluding carboxylic acids is 1. The van der Waals surface area contributed by atoms with Gasteiger partial charge in [0.1, 0.15) is 0 Å². The molecule has 0 unspecified atom stereocenters. The lowest BCUT2D eigenvalue weighted by Gasteiger charge is -2.29. The summed E-state index contributed by atoms with van der Waals surface area (Å²) in [5.41, 5.74) is 2.39. The van der Waals surface area contributed by atoms with Gasteiger partial charge in [0.15, 0.2) is 0 Å². The maximum absolute atomic E-state index is 12.0. The van der Waals surface area contributed by atoms with E-state index in [4.69, 9.17) is 4.74 Å². The molecule has 1 saturated carbocycles. The van der Waals surface area contributed by atoms with Crippen molar-refractivity contribution >= 4 is 11.6 Å². The lowest BCUT2D eigenvalue weighted by Crippen LogP contribution is -2.36. The smallest absolute Gasteiger partial charge is 0.223 e. The van der Waals surface area contributed by atoms with Crippen LogP contribution in [0.25, 0.3) is 0 Å². The molecule has 1 aliphatic heterocycles. The van der Waals surface area contributed by atoms with Crippen LogP contribution in [-0.4, -0.2) is 32.2 Å². The highest BCUT2D eigenvalue weighted by atomic mass is 16.5. The Hall–Kier alpha value is -1.55. The van der Waals surface area contributed by atoms with Crippen LogP contribution in [0.3, 0.4) is 0 Å². The van der Waals surface area contributed by atoms with Crippen molar-refractivity contribution in [3.05, 3.63) is 29.8 Å². The molecule has 1 amide bonds. The molecule has 2 aliphatic rings. The molecule has 4 nitrogen and oxygen atoms in total. The van der Waals surface area contributed by atoms with Gasteiger partial charge in [-0.05, 0) is 37.0 Å². The first-order valence-electron chi connectivity index (χ1n) is 7.88. The van der Waals surface area contributed by atoms with Crippen LogP contribution in [0.1, 0.15) is 31.9 Å². The molecule has 4 heteroatoms.